The minimum Gasteiger partial charge on any atom is -0.334 e. The molecule has 1 aromatic carbocycles. The molecule has 1 atom stereocenters. The van der Waals surface area contributed by atoms with Crippen LogP contribution in [-0.4, -0.2) is 47.3 Å². The maximum atomic E-state index is 13.3. The first-order valence-corrected chi connectivity index (χ1v) is 8.50. The number of hydrogen-bond donors (Lipinski definition) is 1. The average molecular weight is 422 g/mol. The molecular formula is C17H16ClF4N3O3. The van der Waals surface area contributed by atoms with Crippen molar-refractivity contribution in [1.29, 1.82) is 0 Å². The number of likely N-dealkylation sites (tertiary alicyclic amines) is 1. The quantitative estimate of drug-likeness (QED) is 0.352. The molecule has 0 saturated carbocycles. The molecule has 1 aliphatic rings. The van der Waals surface area contributed by atoms with Gasteiger partial charge in [-0.3, -0.25) is 14.4 Å². The van der Waals surface area contributed by atoms with E-state index in [2.05, 4.69) is 10.3 Å². The topological polar surface area (TPSA) is 78.8 Å². The normalized spacial score (nSPS) is 17.6. The molecule has 0 aliphatic carbocycles. The molecule has 0 aromatic heterocycles. The first kappa shape index (κ1) is 21.8. The number of nitrogens with zero attached hydrogens (tertiary/aromatic N) is 2. The van der Waals surface area contributed by atoms with Crippen molar-refractivity contribution in [3.8, 4) is 0 Å². The maximum absolute atomic E-state index is 13.3. The van der Waals surface area contributed by atoms with Crippen LogP contribution in [0.2, 0.25) is 5.02 Å². The molecule has 0 spiro atoms. The lowest BCUT2D eigenvalue weighted by molar-refractivity contribution is -0.143. The highest BCUT2D eigenvalue weighted by atomic mass is 35.5. The zero-order valence-corrected chi connectivity index (χ0v) is 15.6. The number of anilines is 1. The minimum atomic E-state index is -3.34. The molecule has 3 amide bonds. The van der Waals surface area contributed by atoms with E-state index in [4.69, 9.17) is 11.6 Å². The SMILES string of the molecule is CC(=NC(=O)C(=O)N1CC[C@H](C(=O)Nc2cc(F)c(F)c(Cl)c2)C1)C(C)(F)F. The van der Waals surface area contributed by atoms with E-state index in [0.717, 1.165) is 24.0 Å². The third-order valence-electron chi connectivity index (χ3n) is 4.19. The maximum Gasteiger partial charge on any atom is 0.335 e. The second-order valence-electron chi connectivity index (χ2n) is 6.37. The molecule has 1 heterocycles. The lowest BCUT2D eigenvalue weighted by Gasteiger charge is -2.15. The van der Waals surface area contributed by atoms with Crippen molar-refractivity contribution in [2.75, 3.05) is 18.4 Å². The Morgan fingerprint density at radius 3 is 2.50 bits per heavy atom. The van der Waals surface area contributed by atoms with Gasteiger partial charge in [0.2, 0.25) is 5.91 Å². The van der Waals surface area contributed by atoms with Crippen molar-refractivity contribution in [1.82, 2.24) is 4.90 Å². The summed E-state index contributed by atoms with van der Waals surface area (Å²) in [7, 11) is 0. The Labute approximate surface area is 162 Å². The fourth-order valence-corrected chi connectivity index (χ4v) is 2.67. The highest BCUT2D eigenvalue weighted by molar-refractivity contribution is 6.37. The summed E-state index contributed by atoms with van der Waals surface area (Å²) in [5, 5.41) is 1.84. The van der Waals surface area contributed by atoms with E-state index in [1.54, 1.807) is 0 Å². The highest BCUT2D eigenvalue weighted by Gasteiger charge is 2.35. The van der Waals surface area contributed by atoms with Gasteiger partial charge in [0.05, 0.1) is 16.7 Å². The largest absolute Gasteiger partial charge is 0.335 e. The molecule has 0 bridgehead atoms. The predicted molar refractivity (Wildman–Crippen MR) is 93.4 cm³/mol. The Morgan fingerprint density at radius 1 is 1.29 bits per heavy atom. The fourth-order valence-electron chi connectivity index (χ4n) is 2.46. The van der Waals surface area contributed by atoms with Crippen molar-refractivity contribution in [3.05, 3.63) is 28.8 Å². The van der Waals surface area contributed by atoms with Crippen LogP contribution in [0.3, 0.4) is 0 Å². The van der Waals surface area contributed by atoms with Crippen LogP contribution in [0, 0.1) is 17.6 Å². The van der Waals surface area contributed by atoms with Gasteiger partial charge in [-0.05, 0) is 19.4 Å². The second-order valence-corrected chi connectivity index (χ2v) is 6.78. The number of carbonyl (C=O) groups excluding carboxylic acids is 3. The second kappa shape index (κ2) is 8.26. The van der Waals surface area contributed by atoms with Gasteiger partial charge in [-0.25, -0.2) is 22.6 Å². The van der Waals surface area contributed by atoms with E-state index in [1.807, 2.05) is 0 Å². The van der Waals surface area contributed by atoms with Gasteiger partial charge < -0.3 is 10.2 Å². The van der Waals surface area contributed by atoms with Crippen LogP contribution in [0.1, 0.15) is 20.3 Å². The highest BCUT2D eigenvalue weighted by Crippen LogP contribution is 2.25. The number of hydrogen-bond acceptors (Lipinski definition) is 3. The van der Waals surface area contributed by atoms with Crippen LogP contribution < -0.4 is 5.32 Å². The van der Waals surface area contributed by atoms with E-state index in [9.17, 15) is 31.9 Å². The lowest BCUT2D eigenvalue weighted by Crippen LogP contribution is -2.36. The van der Waals surface area contributed by atoms with E-state index < -0.39 is 51.9 Å². The number of halogens is 5. The summed E-state index contributed by atoms with van der Waals surface area (Å²) in [5.74, 6) is -9.61. The van der Waals surface area contributed by atoms with Crippen LogP contribution in [0.5, 0.6) is 0 Å². The molecule has 6 nitrogen and oxygen atoms in total. The summed E-state index contributed by atoms with van der Waals surface area (Å²) in [6.45, 7) is 1.37. The van der Waals surface area contributed by atoms with Crippen LogP contribution in [0.15, 0.2) is 17.1 Å². The summed E-state index contributed by atoms with van der Waals surface area (Å²) in [5.41, 5.74) is -0.866. The zero-order chi connectivity index (χ0) is 21.2. The van der Waals surface area contributed by atoms with Crippen LogP contribution in [0.4, 0.5) is 23.2 Å². The van der Waals surface area contributed by atoms with Gasteiger partial charge in [0.1, 0.15) is 0 Å². The van der Waals surface area contributed by atoms with Crippen LogP contribution in [0.25, 0.3) is 0 Å². The minimum absolute atomic E-state index is 0.0400. The number of carbonyl (C=O) groups is 3. The Balaban J connectivity index is 2.00. The molecule has 1 saturated heterocycles. The summed E-state index contributed by atoms with van der Waals surface area (Å²) >= 11 is 5.51. The Morgan fingerprint density at radius 2 is 1.93 bits per heavy atom. The number of rotatable bonds is 3. The van der Waals surface area contributed by atoms with Gasteiger partial charge in [0, 0.05) is 31.8 Å². The zero-order valence-electron chi connectivity index (χ0n) is 14.9. The Bertz CT molecular complexity index is 832. The molecule has 1 fully saturated rings. The molecular weight excluding hydrogens is 406 g/mol. The van der Waals surface area contributed by atoms with Crippen molar-refractivity contribution >= 4 is 40.7 Å². The molecule has 11 heteroatoms. The average Bonchev–Trinajstić information content (AvgIpc) is 3.08. The van der Waals surface area contributed by atoms with Gasteiger partial charge in [0.15, 0.2) is 11.6 Å². The van der Waals surface area contributed by atoms with Gasteiger partial charge in [-0.1, -0.05) is 11.6 Å². The molecule has 1 aliphatic heterocycles. The van der Waals surface area contributed by atoms with Crippen molar-refractivity contribution in [3.63, 3.8) is 0 Å². The smallest absolute Gasteiger partial charge is 0.334 e. The van der Waals surface area contributed by atoms with E-state index >= 15 is 0 Å². The number of aliphatic imine (C=N–C) groups is 1. The van der Waals surface area contributed by atoms with Crippen molar-refractivity contribution < 1.29 is 31.9 Å². The molecule has 1 aromatic rings. The Hall–Kier alpha value is -2.49. The Kier molecular flexibility index (Phi) is 6.43. The van der Waals surface area contributed by atoms with Crippen LogP contribution in [-0.2, 0) is 14.4 Å². The summed E-state index contributed by atoms with van der Waals surface area (Å²) in [4.78, 5) is 40.2. The van der Waals surface area contributed by atoms with Gasteiger partial charge in [-0.15, -0.1) is 0 Å². The monoisotopic (exact) mass is 421 g/mol. The third-order valence-corrected chi connectivity index (χ3v) is 4.46. The van der Waals surface area contributed by atoms with E-state index in [-0.39, 0.29) is 25.2 Å². The van der Waals surface area contributed by atoms with Gasteiger partial charge >= 0.3 is 11.8 Å². The molecule has 0 unspecified atom stereocenters. The number of amides is 3. The standard InChI is InChI=1S/C17H16ClF4N3O3/c1-8(17(2,21)22)23-15(27)16(28)25-4-3-9(7-25)14(26)24-10-5-11(18)13(20)12(19)6-10/h5-6,9H,3-4,7H2,1-2H3,(H,24,26)/t9-/m0/s1. The first-order valence-electron chi connectivity index (χ1n) is 8.12. The van der Waals surface area contributed by atoms with Gasteiger partial charge in [0.25, 0.3) is 5.92 Å². The summed E-state index contributed by atoms with van der Waals surface area (Å²) < 4.78 is 52.6. The number of nitrogens with one attached hydrogen (secondary N) is 1. The fraction of sp³-hybridized carbons (Fsp3) is 0.412. The number of benzene rings is 1. The van der Waals surface area contributed by atoms with Gasteiger partial charge in [-0.2, -0.15) is 0 Å². The summed E-state index contributed by atoms with van der Waals surface area (Å²) in [6.07, 6.45) is 0.189. The molecule has 0 radical (unpaired) electrons. The third kappa shape index (κ3) is 5.06. The predicted octanol–water partition coefficient (Wildman–Crippen LogP) is 3.05. The van der Waals surface area contributed by atoms with E-state index in [1.165, 1.54) is 0 Å². The first-order chi connectivity index (χ1) is 12.9. The van der Waals surface area contributed by atoms with E-state index in [0.29, 0.717) is 6.92 Å². The molecule has 152 valence electrons. The van der Waals surface area contributed by atoms with Crippen LogP contribution >= 0.6 is 11.6 Å². The lowest BCUT2D eigenvalue weighted by atomic mass is 10.1. The molecule has 28 heavy (non-hydrogen) atoms. The summed E-state index contributed by atoms with van der Waals surface area (Å²) in [6, 6.07) is 1.78. The van der Waals surface area contributed by atoms with Crippen molar-refractivity contribution in [2.24, 2.45) is 10.9 Å². The number of alkyl halides is 2. The van der Waals surface area contributed by atoms with Crippen molar-refractivity contribution in [2.45, 2.75) is 26.2 Å². The molecule has 1 N–H and O–H groups in total. The molecule has 2 rings (SSSR count).